The second-order valence-corrected chi connectivity index (χ2v) is 13.5. The first-order chi connectivity index (χ1) is 21.8. The number of carbonyl (C=O) groups excluding carboxylic acids is 4. The molecule has 258 valence electrons. The largest absolute Gasteiger partial charge is 0.491 e. The van der Waals surface area contributed by atoms with Crippen molar-refractivity contribution in [1.82, 2.24) is 4.90 Å². The van der Waals surface area contributed by atoms with Crippen LogP contribution in [-0.4, -0.2) is 65.3 Å². The lowest BCUT2D eigenvalue weighted by Crippen LogP contribution is -2.40. The van der Waals surface area contributed by atoms with E-state index in [1.807, 2.05) is 33.8 Å². The molecule has 0 atom stereocenters. The number of urea groups is 1. The number of esters is 2. The van der Waals surface area contributed by atoms with E-state index >= 15 is 0 Å². The molecular weight excluding hydrogens is 604 g/mol. The van der Waals surface area contributed by atoms with Gasteiger partial charge in [0.1, 0.15) is 28.5 Å². The Labute approximate surface area is 278 Å². The van der Waals surface area contributed by atoms with E-state index in [-0.39, 0.29) is 42.5 Å². The fourth-order valence-corrected chi connectivity index (χ4v) is 4.18. The first kappa shape index (κ1) is 38.6. The lowest BCUT2D eigenvalue weighted by atomic mass is 10.1. The van der Waals surface area contributed by atoms with Gasteiger partial charge in [-0.15, -0.1) is 6.58 Å². The average Bonchev–Trinajstić information content (AvgIpc) is 2.92. The van der Waals surface area contributed by atoms with Crippen molar-refractivity contribution in [2.24, 2.45) is 0 Å². The van der Waals surface area contributed by atoms with Crippen molar-refractivity contribution < 1.29 is 42.9 Å². The number of aryl methyl sites for hydroxylation is 1. The molecule has 0 aliphatic rings. The number of nitrogens with zero attached hydrogens (tertiary/aromatic N) is 1. The minimum atomic E-state index is -0.737. The molecule has 0 aromatic heterocycles. The Hall–Kier alpha value is -4.54. The number of nitrogens with one attached hydrogen (secondary N) is 1. The Balaban J connectivity index is 2.37. The van der Waals surface area contributed by atoms with Gasteiger partial charge in [0.15, 0.2) is 6.61 Å². The molecule has 2 rings (SSSR count). The number of ether oxygens (including phenoxy) is 5. The monoisotopic (exact) mass is 654 g/mol. The fraction of sp³-hybridized carbons (Fsp3) is 0.500. The molecule has 0 saturated carbocycles. The van der Waals surface area contributed by atoms with Gasteiger partial charge in [-0.05, 0) is 105 Å². The summed E-state index contributed by atoms with van der Waals surface area (Å²) in [6.45, 7) is 21.2. The van der Waals surface area contributed by atoms with Crippen molar-refractivity contribution in [2.45, 2.75) is 105 Å². The van der Waals surface area contributed by atoms with Gasteiger partial charge in [0, 0.05) is 24.6 Å². The number of carbonyl (C=O) groups is 4. The van der Waals surface area contributed by atoms with Crippen molar-refractivity contribution in [1.29, 1.82) is 0 Å². The van der Waals surface area contributed by atoms with Gasteiger partial charge in [0.2, 0.25) is 0 Å². The third kappa shape index (κ3) is 14.2. The second kappa shape index (κ2) is 16.9. The van der Waals surface area contributed by atoms with Gasteiger partial charge in [-0.3, -0.25) is 14.5 Å². The first-order valence-electron chi connectivity index (χ1n) is 15.7. The highest BCUT2D eigenvalue weighted by atomic mass is 16.6. The van der Waals surface area contributed by atoms with Crippen LogP contribution in [0.1, 0.15) is 91.6 Å². The maximum atomic E-state index is 13.8. The number of imide groups is 1. The van der Waals surface area contributed by atoms with Crippen LogP contribution in [0.25, 0.3) is 0 Å². The van der Waals surface area contributed by atoms with E-state index in [1.165, 1.54) is 18.2 Å². The number of benzene rings is 2. The van der Waals surface area contributed by atoms with E-state index in [9.17, 15) is 19.2 Å². The van der Waals surface area contributed by atoms with E-state index in [4.69, 9.17) is 23.7 Å². The van der Waals surface area contributed by atoms with Gasteiger partial charge in [-0.2, -0.15) is 0 Å². The van der Waals surface area contributed by atoms with E-state index in [0.717, 1.165) is 10.5 Å². The number of anilines is 1. The number of hydrogen-bond acceptors (Lipinski definition) is 9. The summed E-state index contributed by atoms with van der Waals surface area (Å²) < 4.78 is 28.1. The first-order valence-corrected chi connectivity index (χ1v) is 15.7. The van der Waals surface area contributed by atoms with Crippen molar-refractivity contribution in [3.63, 3.8) is 0 Å². The highest BCUT2D eigenvalue weighted by Crippen LogP contribution is 2.29. The molecule has 0 aliphatic carbocycles. The Kier molecular flexibility index (Phi) is 13.9. The quantitative estimate of drug-likeness (QED) is 0.167. The third-order valence-corrected chi connectivity index (χ3v) is 5.76. The Bertz CT molecular complexity index is 1420. The van der Waals surface area contributed by atoms with E-state index in [0.29, 0.717) is 23.6 Å². The summed E-state index contributed by atoms with van der Waals surface area (Å²) in [6.07, 6.45) is 1.50. The fourth-order valence-electron chi connectivity index (χ4n) is 4.18. The zero-order valence-corrected chi connectivity index (χ0v) is 29.4. The van der Waals surface area contributed by atoms with Crippen LogP contribution in [0.4, 0.5) is 10.5 Å². The topological polar surface area (TPSA) is 130 Å². The van der Waals surface area contributed by atoms with Gasteiger partial charge in [0.05, 0.1) is 17.9 Å². The predicted octanol–water partition coefficient (Wildman–Crippen LogP) is 7.12. The third-order valence-electron chi connectivity index (χ3n) is 5.76. The summed E-state index contributed by atoms with van der Waals surface area (Å²) in [5.74, 6) is -0.694. The Morgan fingerprint density at radius 3 is 2.00 bits per heavy atom. The summed E-state index contributed by atoms with van der Waals surface area (Å²) in [4.78, 5) is 53.1. The van der Waals surface area contributed by atoms with Crippen molar-refractivity contribution in [3.8, 4) is 17.2 Å². The van der Waals surface area contributed by atoms with Crippen LogP contribution in [-0.2, 0) is 25.5 Å². The minimum Gasteiger partial charge on any atom is -0.491 e. The number of hydrogen-bond donors (Lipinski definition) is 1. The van der Waals surface area contributed by atoms with E-state index in [1.54, 1.807) is 59.7 Å². The highest BCUT2D eigenvalue weighted by molar-refractivity contribution is 6.08. The van der Waals surface area contributed by atoms with Crippen molar-refractivity contribution in [3.05, 3.63) is 60.2 Å². The Morgan fingerprint density at radius 1 is 0.830 bits per heavy atom. The smallest absolute Gasteiger partial charge is 0.344 e. The molecule has 3 amide bonds. The lowest BCUT2D eigenvalue weighted by molar-refractivity contribution is -0.157. The molecule has 0 spiro atoms. The standard InChI is InChI=1S/C36H50N2O9/c1-12-17-38(33(41)26-19-27(21-28(20-26)44-23(2)3)43-22-32(40)47-36(9,10)11)34(42)37-29-18-25(13-15-30(29)45-24(4)5)14-16-31(39)46-35(6,7)8/h12-13,15,18-21,23-24H,1,14,16-17,22H2,2-11H3,(H,37,42). The molecule has 0 unspecified atom stereocenters. The molecule has 0 radical (unpaired) electrons. The molecule has 11 nitrogen and oxygen atoms in total. The van der Waals surface area contributed by atoms with Crippen LogP contribution < -0.4 is 19.5 Å². The molecule has 0 saturated heterocycles. The SMILES string of the molecule is C=CCN(C(=O)Nc1cc(CCC(=O)OC(C)(C)C)ccc1OC(C)C)C(=O)c1cc(OCC(=O)OC(C)(C)C)cc(OC(C)C)c1. The zero-order chi connectivity index (χ0) is 35.5. The zero-order valence-electron chi connectivity index (χ0n) is 29.4. The van der Waals surface area contributed by atoms with Crippen LogP contribution >= 0.6 is 0 Å². The summed E-state index contributed by atoms with van der Waals surface area (Å²) in [5, 5.41) is 2.79. The number of rotatable bonds is 14. The molecule has 0 aliphatic heterocycles. The predicted molar refractivity (Wildman–Crippen MR) is 180 cm³/mol. The van der Waals surface area contributed by atoms with Crippen LogP contribution in [0.2, 0.25) is 0 Å². The van der Waals surface area contributed by atoms with Gasteiger partial charge < -0.3 is 29.0 Å². The molecule has 11 heteroatoms. The maximum absolute atomic E-state index is 13.8. The van der Waals surface area contributed by atoms with Crippen molar-refractivity contribution >= 4 is 29.6 Å². The molecule has 2 aromatic carbocycles. The van der Waals surface area contributed by atoms with Crippen molar-refractivity contribution in [2.75, 3.05) is 18.5 Å². The molecule has 0 heterocycles. The summed E-state index contributed by atoms with van der Waals surface area (Å²) in [7, 11) is 0. The molecule has 2 aromatic rings. The van der Waals surface area contributed by atoms with E-state index in [2.05, 4.69) is 11.9 Å². The summed E-state index contributed by atoms with van der Waals surface area (Å²) in [5.41, 5.74) is -0.123. The highest BCUT2D eigenvalue weighted by Gasteiger charge is 2.25. The van der Waals surface area contributed by atoms with Crippen LogP contribution in [0.15, 0.2) is 49.1 Å². The average molecular weight is 655 g/mol. The maximum Gasteiger partial charge on any atom is 0.344 e. The number of amides is 3. The molecule has 0 fully saturated rings. The van der Waals surface area contributed by atoms with Gasteiger partial charge in [-0.1, -0.05) is 12.1 Å². The molecule has 0 bridgehead atoms. The van der Waals surface area contributed by atoms with Crippen LogP contribution in [0.5, 0.6) is 17.2 Å². The van der Waals surface area contributed by atoms with Crippen LogP contribution in [0.3, 0.4) is 0 Å². The Morgan fingerprint density at radius 2 is 1.43 bits per heavy atom. The van der Waals surface area contributed by atoms with Crippen LogP contribution in [0, 0.1) is 0 Å². The normalized spacial score (nSPS) is 11.5. The molecule has 47 heavy (non-hydrogen) atoms. The lowest BCUT2D eigenvalue weighted by Gasteiger charge is -2.23. The minimum absolute atomic E-state index is 0.0871. The summed E-state index contributed by atoms with van der Waals surface area (Å²) >= 11 is 0. The molecular formula is C36H50N2O9. The van der Waals surface area contributed by atoms with Gasteiger partial charge in [0.25, 0.3) is 5.91 Å². The van der Waals surface area contributed by atoms with Gasteiger partial charge >= 0.3 is 18.0 Å². The molecule has 1 N–H and O–H groups in total. The van der Waals surface area contributed by atoms with Gasteiger partial charge in [-0.25, -0.2) is 9.59 Å². The second-order valence-electron chi connectivity index (χ2n) is 13.5. The summed E-state index contributed by atoms with van der Waals surface area (Å²) in [6, 6.07) is 8.96. The van der Waals surface area contributed by atoms with E-state index < -0.39 is 35.7 Å².